The van der Waals surface area contributed by atoms with Crippen molar-refractivity contribution in [2.75, 3.05) is 19.1 Å². The van der Waals surface area contributed by atoms with Crippen LogP contribution in [-0.2, 0) is 19.1 Å². The summed E-state index contributed by atoms with van der Waals surface area (Å²) >= 11 is 5.32. The van der Waals surface area contributed by atoms with E-state index in [0.29, 0.717) is 0 Å². The third-order valence-corrected chi connectivity index (χ3v) is 1.55. The zero-order valence-electron chi connectivity index (χ0n) is 8.42. The minimum Gasteiger partial charge on any atom is -0.462 e. The average molecular weight is 223 g/mol. The number of carbonyl (C=O) groups excluding carboxylic acids is 2. The van der Waals surface area contributed by atoms with Gasteiger partial charge in [0, 0.05) is 5.88 Å². The van der Waals surface area contributed by atoms with Crippen LogP contribution in [0.25, 0.3) is 0 Å². The molecule has 0 unspecified atom stereocenters. The molecule has 0 N–H and O–H groups in total. The summed E-state index contributed by atoms with van der Waals surface area (Å²) in [7, 11) is 0. The van der Waals surface area contributed by atoms with Crippen molar-refractivity contribution in [2.45, 2.75) is 20.3 Å². The van der Waals surface area contributed by atoms with Crippen LogP contribution in [0.5, 0.6) is 0 Å². The topological polar surface area (TPSA) is 52.6 Å². The van der Waals surface area contributed by atoms with E-state index in [0.717, 1.165) is 0 Å². The Labute approximate surface area is 88.5 Å². The summed E-state index contributed by atoms with van der Waals surface area (Å²) in [4.78, 5) is 21.7. The molecule has 0 aliphatic rings. The molecule has 0 bridgehead atoms. The Kier molecular flexibility index (Phi) is 7.20. The normalized spacial score (nSPS) is 10.0. The Morgan fingerprint density at radius 2 is 1.79 bits per heavy atom. The number of hydrogen-bond acceptors (Lipinski definition) is 4. The third-order valence-electron chi connectivity index (χ3n) is 1.36. The minimum absolute atomic E-state index is 0.0915. The Morgan fingerprint density at radius 1 is 1.21 bits per heavy atom. The number of ether oxygens (including phenoxy) is 2. The number of carbonyl (C=O) groups is 2. The van der Waals surface area contributed by atoms with Gasteiger partial charge in [-0.05, 0) is 0 Å². The second-order valence-corrected chi connectivity index (χ2v) is 3.36. The van der Waals surface area contributed by atoms with E-state index in [1.165, 1.54) is 0 Å². The molecular formula is C9H15ClO4. The largest absolute Gasteiger partial charge is 0.462 e. The zero-order chi connectivity index (χ0) is 11.0. The predicted octanol–water partition coefficient (Wildman–Crippen LogP) is 1.36. The zero-order valence-corrected chi connectivity index (χ0v) is 9.17. The molecular weight excluding hydrogens is 208 g/mol. The van der Waals surface area contributed by atoms with Crippen LogP contribution in [0.4, 0.5) is 0 Å². The summed E-state index contributed by atoms with van der Waals surface area (Å²) in [6.07, 6.45) is 0.180. The molecule has 82 valence electrons. The number of esters is 2. The van der Waals surface area contributed by atoms with Gasteiger partial charge in [0.15, 0.2) is 0 Å². The monoisotopic (exact) mass is 222 g/mol. The van der Waals surface area contributed by atoms with Gasteiger partial charge in [-0.25, -0.2) is 0 Å². The van der Waals surface area contributed by atoms with E-state index in [-0.39, 0.29) is 43.4 Å². The highest BCUT2D eigenvalue weighted by Gasteiger charge is 2.08. The molecule has 0 aromatic rings. The van der Waals surface area contributed by atoms with Gasteiger partial charge in [-0.15, -0.1) is 11.6 Å². The molecule has 0 amide bonds. The van der Waals surface area contributed by atoms with Crippen molar-refractivity contribution < 1.29 is 19.1 Å². The van der Waals surface area contributed by atoms with Gasteiger partial charge in [-0.1, -0.05) is 13.8 Å². The van der Waals surface area contributed by atoms with Crippen molar-refractivity contribution in [3.63, 3.8) is 0 Å². The van der Waals surface area contributed by atoms with E-state index in [4.69, 9.17) is 21.1 Å². The van der Waals surface area contributed by atoms with E-state index in [2.05, 4.69) is 0 Å². The quantitative estimate of drug-likeness (QED) is 0.387. The van der Waals surface area contributed by atoms with Gasteiger partial charge in [0.1, 0.15) is 13.2 Å². The molecule has 0 rings (SSSR count). The molecule has 0 aliphatic carbocycles. The lowest BCUT2D eigenvalue weighted by molar-refractivity contribution is -0.154. The molecule has 0 aliphatic heterocycles. The van der Waals surface area contributed by atoms with E-state index in [9.17, 15) is 9.59 Å². The highest BCUT2D eigenvalue weighted by atomic mass is 35.5. The fourth-order valence-corrected chi connectivity index (χ4v) is 0.768. The van der Waals surface area contributed by atoms with Crippen molar-refractivity contribution in [1.29, 1.82) is 0 Å². The van der Waals surface area contributed by atoms with Crippen LogP contribution in [-0.4, -0.2) is 31.0 Å². The second kappa shape index (κ2) is 7.62. The first-order valence-electron chi connectivity index (χ1n) is 4.46. The summed E-state index contributed by atoms with van der Waals surface area (Å²) in [6.45, 7) is 3.67. The highest BCUT2D eigenvalue weighted by Crippen LogP contribution is 1.96. The minimum atomic E-state index is -0.374. The molecule has 0 aromatic carbocycles. The Balaban J connectivity index is 3.38. The molecule has 0 radical (unpaired) electrons. The van der Waals surface area contributed by atoms with E-state index in [1.807, 2.05) is 0 Å². The van der Waals surface area contributed by atoms with Gasteiger partial charge in [0.05, 0.1) is 12.3 Å². The third kappa shape index (κ3) is 6.71. The SMILES string of the molecule is CC(C)C(=O)OCCOC(=O)CCCl. The molecule has 0 atom stereocenters. The predicted molar refractivity (Wildman–Crippen MR) is 52.1 cm³/mol. The maximum Gasteiger partial charge on any atom is 0.308 e. The maximum absolute atomic E-state index is 10.9. The van der Waals surface area contributed by atoms with Gasteiger partial charge >= 0.3 is 11.9 Å². The van der Waals surface area contributed by atoms with E-state index in [1.54, 1.807) is 13.8 Å². The van der Waals surface area contributed by atoms with Crippen molar-refractivity contribution in [3.8, 4) is 0 Å². The molecule has 0 spiro atoms. The Morgan fingerprint density at radius 3 is 2.29 bits per heavy atom. The fourth-order valence-electron chi connectivity index (χ4n) is 0.614. The first-order valence-corrected chi connectivity index (χ1v) is 4.99. The van der Waals surface area contributed by atoms with Crippen LogP contribution >= 0.6 is 11.6 Å². The lowest BCUT2D eigenvalue weighted by Gasteiger charge is -2.07. The molecule has 0 heterocycles. The Bertz CT molecular complexity index is 191. The van der Waals surface area contributed by atoms with Gasteiger partial charge in [-0.2, -0.15) is 0 Å². The lowest BCUT2D eigenvalue weighted by Crippen LogP contribution is -2.17. The van der Waals surface area contributed by atoms with Gasteiger partial charge < -0.3 is 9.47 Å². The van der Waals surface area contributed by atoms with Crippen molar-refractivity contribution in [2.24, 2.45) is 5.92 Å². The first kappa shape index (κ1) is 13.2. The van der Waals surface area contributed by atoms with Crippen LogP contribution in [0.1, 0.15) is 20.3 Å². The summed E-state index contributed by atoms with van der Waals surface area (Å²) in [5.74, 6) is -0.586. The van der Waals surface area contributed by atoms with Crippen LogP contribution in [0.2, 0.25) is 0 Å². The number of halogens is 1. The van der Waals surface area contributed by atoms with Gasteiger partial charge in [0.25, 0.3) is 0 Å². The van der Waals surface area contributed by atoms with Crippen LogP contribution in [0, 0.1) is 5.92 Å². The molecule has 0 saturated carbocycles. The van der Waals surface area contributed by atoms with Gasteiger partial charge in [0.2, 0.25) is 0 Å². The average Bonchev–Trinajstić information content (AvgIpc) is 2.12. The number of rotatable bonds is 6. The van der Waals surface area contributed by atoms with E-state index >= 15 is 0 Å². The summed E-state index contributed by atoms with van der Waals surface area (Å²) in [5.41, 5.74) is 0. The van der Waals surface area contributed by atoms with Crippen molar-refractivity contribution >= 4 is 23.5 Å². The van der Waals surface area contributed by atoms with Crippen molar-refractivity contribution in [1.82, 2.24) is 0 Å². The second-order valence-electron chi connectivity index (χ2n) is 2.98. The van der Waals surface area contributed by atoms with E-state index < -0.39 is 0 Å². The molecule has 14 heavy (non-hydrogen) atoms. The molecule has 4 nitrogen and oxygen atoms in total. The highest BCUT2D eigenvalue weighted by molar-refractivity contribution is 6.18. The summed E-state index contributed by atoms with van der Waals surface area (Å²) in [5, 5.41) is 0. The molecule has 0 aromatic heterocycles. The summed E-state index contributed by atoms with van der Waals surface area (Å²) < 4.78 is 9.49. The number of alkyl halides is 1. The van der Waals surface area contributed by atoms with Crippen LogP contribution in [0.15, 0.2) is 0 Å². The first-order chi connectivity index (χ1) is 6.57. The molecule has 0 fully saturated rings. The van der Waals surface area contributed by atoms with Crippen LogP contribution < -0.4 is 0 Å². The smallest absolute Gasteiger partial charge is 0.308 e. The standard InChI is InChI=1S/C9H15ClO4/c1-7(2)9(12)14-6-5-13-8(11)3-4-10/h7H,3-6H2,1-2H3. The summed E-state index contributed by atoms with van der Waals surface area (Å²) in [6, 6.07) is 0. The van der Waals surface area contributed by atoms with Crippen molar-refractivity contribution in [3.05, 3.63) is 0 Å². The maximum atomic E-state index is 10.9. The van der Waals surface area contributed by atoms with Gasteiger partial charge in [-0.3, -0.25) is 9.59 Å². The van der Waals surface area contributed by atoms with Crippen LogP contribution in [0.3, 0.4) is 0 Å². The molecule has 5 heteroatoms. The lowest BCUT2D eigenvalue weighted by atomic mass is 10.2. The number of hydrogen-bond donors (Lipinski definition) is 0. The fraction of sp³-hybridized carbons (Fsp3) is 0.778. The Hall–Kier alpha value is -0.770. The molecule has 0 saturated heterocycles.